The molecule has 1 aromatic heterocycles. The van der Waals surface area contributed by atoms with Crippen LogP contribution in [0.5, 0.6) is 5.75 Å². The molecule has 0 unspecified atom stereocenters. The maximum atomic E-state index is 9.04. The van der Waals surface area contributed by atoms with Gasteiger partial charge in [-0.25, -0.2) is 5.43 Å². The number of benzene rings is 1. The Morgan fingerprint density at radius 1 is 1.57 bits per heavy atom. The van der Waals surface area contributed by atoms with Gasteiger partial charge in [0.1, 0.15) is 11.8 Å². The summed E-state index contributed by atoms with van der Waals surface area (Å²) in [4.78, 5) is 4.02. The van der Waals surface area contributed by atoms with E-state index >= 15 is 0 Å². The van der Waals surface area contributed by atoms with Crippen LogP contribution in [-0.4, -0.2) is 17.8 Å². The molecule has 0 aliphatic rings. The monoisotopic (exact) mass is 310 g/mol. The first kappa shape index (κ1) is 16.3. The molecule has 2 rings (SSSR count). The van der Waals surface area contributed by atoms with E-state index in [1.54, 1.807) is 13.1 Å². The SMILES string of the molecule is C=C(C)c1nc(C#N)c(N/N=C/c2cccc(OCCC)c2)o1. The van der Waals surface area contributed by atoms with Gasteiger partial charge in [-0.3, -0.25) is 0 Å². The van der Waals surface area contributed by atoms with Crippen molar-refractivity contribution in [1.29, 1.82) is 5.26 Å². The summed E-state index contributed by atoms with van der Waals surface area (Å²) in [6, 6.07) is 9.51. The van der Waals surface area contributed by atoms with Crippen LogP contribution in [0.4, 0.5) is 5.88 Å². The Bertz CT molecular complexity index is 756. The molecule has 0 saturated carbocycles. The molecule has 6 nitrogen and oxygen atoms in total. The highest BCUT2D eigenvalue weighted by molar-refractivity contribution is 5.80. The summed E-state index contributed by atoms with van der Waals surface area (Å²) in [7, 11) is 0. The molecule has 23 heavy (non-hydrogen) atoms. The van der Waals surface area contributed by atoms with E-state index in [1.165, 1.54) is 0 Å². The first-order valence-electron chi connectivity index (χ1n) is 7.22. The maximum Gasteiger partial charge on any atom is 0.252 e. The van der Waals surface area contributed by atoms with Gasteiger partial charge in [-0.05, 0) is 31.0 Å². The highest BCUT2D eigenvalue weighted by atomic mass is 16.5. The molecule has 0 aliphatic carbocycles. The predicted molar refractivity (Wildman–Crippen MR) is 89.4 cm³/mol. The number of nitrogens with one attached hydrogen (secondary N) is 1. The first-order chi connectivity index (χ1) is 11.1. The minimum Gasteiger partial charge on any atom is -0.494 e. The fourth-order valence-corrected chi connectivity index (χ4v) is 1.72. The largest absolute Gasteiger partial charge is 0.494 e. The Morgan fingerprint density at radius 2 is 2.39 bits per heavy atom. The second kappa shape index (κ2) is 7.80. The van der Waals surface area contributed by atoms with E-state index in [9.17, 15) is 0 Å². The van der Waals surface area contributed by atoms with E-state index < -0.39 is 0 Å². The summed E-state index contributed by atoms with van der Waals surface area (Å²) < 4.78 is 11.0. The lowest BCUT2D eigenvalue weighted by atomic mass is 10.2. The number of allylic oxidation sites excluding steroid dienone is 1. The van der Waals surface area contributed by atoms with E-state index in [-0.39, 0.29) is 11.6 Å². The molecule has 0 radical (unpaired) electrons. The molecular weight excluding hydrogens is 292 g/mol. The van der Waals surface area contributed by atoms with Gasteiger partial charge in [0.2, 0.25) is 11.6 Å². The molecule has 0 fully saturated rings. The minimum absolute atomic E-state index is 0.139. The van der Waals surface area contributed by atoms with Gasteiger partial charge in [0.05, 0.1) is 12.8 Å². The quantitative estimate of drug-likeness (QED) is 0.621. The average Bonchev–Trinajstić information content (AvgIpc) is 2.97. The third kappa shape index (κ3) is 4.45. The van der Waals surface area contributed by atoms with Gasteiger partial charge in [-0.15, -0.1) is 0 Å². The number of nitrogens with zero attached hydrogens (tertiary/aromatic N) is 3. The number of ether oxygens (including phenoxy) is 1. The number of hydrogen-bond donors (Lipinski definition) is 1. The molecule has 0 saturated heterocycles. The Hall–Kier alpha value is -3.07. The van der Waals surface area contributed by atoms with Crippen LogP contribution in [0.2, 0.25) is 0 Å². The lowest BCUT2D eigenvalue weighted by molar-refractivity contribution is 0.317. The van der Waals surface area contributed by atoms with Gasteiger partial charge in [-0.2, -0.15) is 15.3 Å². The molecular formula is C17H18N4O2. The molecule has 1 aromatic carbocycles. The van der Waals surface area contributed by atoms with Gasteiger partial charge in [0.15, 0.2) is 0 Å². The number of hydrogen-bond acceptors (Lipinski definition) is 6. The van der Waals surface area contributed by atoms with Crippen molar-refractivity contribution in [2.45, 2.75) is 20.3 Å². The number of hydrazone groups is 1. The number of rotatable bonds is 7. The zero-order valence-electron chi connectivity index (χ0n) is 13.2. The molecule has 0 bridgehead atoms. The summed E-state index contributed by atoms with van der Waals surface area (Å²) in [5, 5.41) is 13.1. The third-order valence-corrected chi connectivity index (χ3v) is 2.81. The van der Waals surface area contributed by atoms with Gasteiger partial charge in [-0.1, -0.05) is 25.6 Å². The Morgan fingerprint density at radius 3 is 3.09 bits per heavy atom. The van der Waals surface area contributed by atoms with Crippen molar-refractivity contribution < 1.29 is 9.15 Å². The molecule has 0 amide bonds. The van der Waals surface area contributed by atoms with Crippen molar-refractivity contribution in [1.82, 2.24) is 4.98 Å². The molecule has 118 valence electrons. The molecule has 2 aromatic rings. The number of nitriles is 1. The van der Waals surface area contributed by atoms with Crippen LogP contribution >= 0.6 is 0 Å². The van der Waals surface area contributed by atoms with Gasteiger partial charge in [0.25, 0.3) is 5.88 Å². The molecule has 6 heteroatoms. The summed E-state index contributed by atoms with van der Waals surface area (Å²) in [5.74, 6) is 1.30. The van der Waals surface area contributed by atoms with Gasteiger partial charge >= 0.3 is 0 Å². The van der Waals surface area contributed by atoms with Crippen LogP contribution in [0.25, 0.3) is 5.57 Å². The standard InChI is InChI=1S/C17H18N4O2/c1-4-8-22-14-7-5-6-13(9-14)11-19-21-17-15(10-18)20-16(23-17)12(2)3/h5-7,9,11,21H,2,4,8H2,1,3H3/b19-11+. The van der Waals surface area contributed by atoms with Crippen LogP contribution < -0.4 is 10.2 Å². The van der Waals surface area contributed by atoms with Crippen molar-refractivity contribution in [3.05, 3.63) is 48.0 Å². The van der Waals surface area contributed by atoms with E-state index in [1.807, 2.05) is 30.3 Å². The second-order valence-electron chi connectivity index (χ2n) is 4.88. The third-order valence-electron chi connectivity index (χ3n) is 2.81. The molecule has 0 aliphatic heterocycles. The molecule has 0 atom stereocenters. The molecule has 0 spiro atoms. The van der Waals surface area contributed by atoms with Crippen LogP contribution in [0.15, 0.2) is 40.4 Å². The summed E-state index contributed by atoms with van der Waals surface area (Å²) >= 11 is 0. The maximum absolute atomic E-state index is 9.04. The van der Waals surface area contributed by atoms with Crippen molar-refractivity contribution in [3.63, 3.8) is 0 Å². The highest BCUT2D eigenvalue weighted by Crippen LogP contribution is 2.20. The fraction of sp³-hybridized carbons (Fsp3) is 0.235. The zero-order valence-corrected chi connectivity index (χ0v) is 13.2. The number of anilines is 1. The summed E-state index contributed by atoms with van der Waals surface area (Å²) in [6.07, 6.45) is 2.57. The average molecular weight is 310 g/mol. The van der Waals surface area contributed by atoms with Crippen LogP contribution in [0.3, 0.4) is 0 Å². The van der Waals surface area contributed by atoms with Gasteiger partial charge in [0, 0.05) is 5.57 Å². The minimum atomic E-state index is 0.139. The Balaban J connectivity index is 2.07. The van der Waals surface area contributed by atoms with Crippen LogP contribution in [-0.2, 0) is 0 Å². The lowest BCUT2D eigenvalue weighted by Gasteiger charge is -2.04. The first-order valence-corrected chi connectivity index (χ1v) is 7.22. The number of aromatic nitrogens is 1. The number of oxazole rings is 1. The van der Waals surface area contributed by atoms with E-state index in [4.69, 9.17) is 14.4 Å². The van der Waals surface area contributed by atoms with Crippen molar-refractivity contribution >= 4 is 17.7 Å². The Kier molecular flexibility index (Phi) is 5.53. The molecule has 1 heterocycles. The Labute approximate surface area is 135 Å². The fourth-order valence-electron chi connectivity index (χ4n) is 1.72. The van der Waals surface area contributed by atoms with Crippen molar-refractivity contribution in [2.75, 3.05) is 12.0 Å². The van der Waals surface area contributed by atoms with Crippen LogP contribution in [0.1, 0.15) is 37.4 Å². The lowest BCUT2D eigenvalue weighted by Crippen LogP contribution is -1.96. The van der Waals surface area contributed by atoms with E-state index in [2.05, 4.69) is 29.0 Å². The highest BCUT2D eigenvalue weighted by Gasteiger charge is 2.12. The van der Waals surface area contributed by atoms with Crippen LogP contribution in [0, 0.1) is 11.3 Å². The van der Waals surface area contributed by atoms with Gasteiger partial charge < -0.3 is 9.15 Å². The predicted octanol–water partition coefficient (Wildman–Crippen LogP) is 3.81. The second-order valence-corrected chi connectivity index (χ2v) is 4.88. The zero-order chi connectivity index (χ0) is 16.7. The van der Waals surface area contributed by atoms with Crippen molar-refractivity contribution in [2.24, 2.45) is 5.10 Å². The van der Waals surface area contributed by atoms with Crippen molar-refractivity contribution in [3.8, 4) is 11.8 Å². The smallest absolute Gasteiger partial charge is 0.252 e. The topological polar surface area (TPSA) is 83.4 Å². The molecule has 1 N–H and O–H groups in total. The summed E-state index contributed by atoms with van der Waals surface area (Å²) in [5.41, 5.74) is 4.33. The summed E-state index contributed by atoms with van der Waals surface area (Å²) in [6.45, 7) is 8.21. The van der Waals surface area contributed by atoms with E-state index in [0.717, 1.165) is 17.7 Å². The van der Waals surface area contributed by atoms with E-state index in [0.29, 0.717) is 18.1 Å². The normalized spacial score (nSPS) is 10.5.